The Bertz CT molecular complexity index is 659. The average Bonchev–Trinajstić information content (AvgIpc) is 2.64. The molecule has 1 aromatic carbocycles. The van der Waals surface area contributed by atoms with Crippen LogP contribution >= 0.6 is 0 Å². The van der Waals surface area contributed by atoms with Crippen LogP contribution in [0.15, 0.2) is 42.6 Å². The van der Waals surface area contributed by atoms with Crippen molar-refractivity contribution in [3.63, 3.8) is 0 Å². The van der Waals surface area contributed by atoms with Crippen LogP contribution in [0.4, 0.5) is 10.2 Å². The van der Waals surface area contributed by atoms with Gasteiger partial charge >= 0.3 is 0 Å². The number of halogens is 1. The largest absolute Gasteiger partial charge is 0.489 e. The molecule has 7 heteroatoms. The predicted molar refractivity (Wildman–Crippen MR) is 93.4 cm³/mol. The highest BCUT2D eigenvalue weighted by Crippen LogP contribution is 2.16. The lowest BCUT2D eigenvalue weighted by molar-refractivity contribution is -0.0266. The molecular formula is C18H23FN4O2. The third-order valence-electron chi connectivity index (χ3n) is 4.15. The number of likely N-dealkylation sites (N-methyl/N-ethyl adjacent to an activating group) is 1. The number of benzene rings is 1. The summed E-state index contributed by atoms with van der Waals surface area (Å²) in [5.41, 5.74) is 0. The van der Waals surface area contributed by atoms with E-state index in [0.29, 0.717) is 19.0 Å². The van der Waals surface area contributed by atoms with Gasteiger partial charge in [0.2, 0.25) is 0 Å². The second-order valence-electron chi connectivity index (χ2n) is 6.03. The quantitative estimate of drug-likeness (QED) is 0.762. The zero-order chi connectivity index (χ0) is 17.5. The van der Waals surface area contributed by atoms with Crippen LogP contribution < -0.4 is 9.64 Å². The van der Waals surface area contributed by atoms with Crippen molar-refractivity contribution in [1.29, 1.82) is 0 Å². The van der Waals surface area contributed by atoms with E-state index < -0.39 is 0 Å². The van der Waals surface area contributed by atoms with E-state index in [4.69, 9.17) is 9.47 Å². The van der Waals surface area contributed by atoms with E-state index in [9.17, 15) is 4.39 Å². The first kappa shape index (κ1) is 17.6. The van der Waals surface area contributed by atoms with Crippen molar-refractivity contribution in [1.82, 2.24) is 15.1 Å². The SMILES string of the molecule is CN(C[C@@H]1CN(CCOc2ccccc2F)CCO1)c1cccnn1. The van der Waals surface area contributed by atoms with Crippen molar-refractivity contribution in [2.75, 3.05) is 51.3 Å². The fourth-order valence-electron chi connectivity index (χ4n) is 2.84. The molecule has 1 atom stereocenters. The number of rotatable bonds is 7. The molecule has 1 aliphatic rings. The third kappa shape index (κ3) is 5.11. The molecule has 0 radical (unpaired) electrons. The molecular weight excluding hydrogens is 323 g/mol. The molecule has 1 aromatic heterocycles. The van der Waals surface area contributed by atoms with Gasteiger partial charge in [0.15, 0.2) is 17.4 Å². The maximum absolute atomic E-state index is 13.5. The number of morpholine rings is 1. The molecule has 0 bridgehead atoms. The zero-order valence-corrected chi connectivity index (χ0v) is 14.3. The van der Waals surface area contributed by atoms with Crippen LogP contribution in [-0.2, 0) is 4.74 Å². The summed E-state index contributed by atoms with van der Waals surface area (Å²) in [7, 11) is 1.98. The zero-order valence-electron chi connectivity index (χ0n) is 14.3. The molecule has 134 valence electrons. The van der Waals surface area contributed by atoms with Gasteiger partial charge in [-0.2, -0.15) is 5.10 Å². The highest BCUT2D eigenvalue weighted by Gasteiger charge is 2.22. The van der Waals surface area contributed by atoms with Gasteiger partial charge in [-0.15, -0.1) is 5.10 Å². The molecule has 2 aromatic rings. The fraction of sp³-hybridized carbons (Fsp3) is 0.444. The lowest BCUT2D eigenvalue weighted by atomic mass is 10.2. The van der Waals surface area contributed by atoms with E-state index in [-0.39, 0.29) is 11.9 Å². The van der Waals surface area contributed by atoms with Crippen LogP contribution in [0.1, 0.15) is 0 Å². The van der Waals surface area contributed by atoms with Crippen molar-refractivity contribution in [3.8, 4) is 5.75 Å². The molecule has 2 heterocycles. The van der Waals surface area contributed by atoms with Gasteiger partial charge in [0.05, 0.1) is 12.7 Å². The Kier molecular flexibility index (Phi) is 6.14. The van der Waals surface area contributed by atoms with Gasteiger partial charge in [-0.3, -0.25) is 4.90 Å². The fourth-order valence-corrected chi connectivity index (χ4v) is 2.84. The summed E-state index contributed by atoms with van der Waals surface area (Å²) in [4.78, 5) is 4.32. The maximum atomic E-state index is 13.5. The van der Waals surface area contributed by atoms with Crippen molar-refractivity contribution in [3.05, 3.63) is 48.4 Å². The average molecular weight is 346 g/mol. The minimum Gasteiger partial charge on any atom is -0.489 e. The van der Waals surface area contributed by atoms with Gasteiger partial charge in [0, 0.05) is 39.4 Å². The Morgan fingerprint density at radius 2 is 2.20 bits per heavy atom. The third-order valence-corrected chi connectivity index (χ3v) is 4.15. The molecule has 6 nitrogen and oxygen atoms in total. The lowest BCUT2D eigenvalue weighted by Crippen LogP contribution is -2.48. The minimum absolute atomic E-state index is 0.0919. The Hall–Kier alpha value is -2.25. The molecule has 3 rings (SSSR count). The molecule has 1 saturated heterocycles. The molecule has 0 amide bonds. The van der Waals surface area contributed by atoms with Crippen molar-refractivity contribution in [2.45, 2.75) is 6.10 Å². The highest BCUT2D eigenvalue weighted by molar-refractivity contribution is 5.35. The van der Waals surface area contributed by atoms with Gasteiger partial charge in [-0.1, -0.05) is 12.1 Å². The molecule has 1 fully saturated rings. The Labute approximate surface area is 147 Å². The number of hydrogen-bond donors (Lipinski definition) is 0. The van der Waals surface area contributed by atoms with Crippen LogP contribution in [-0.4, -0.2) is 67.6 Å². The van der Waals surface area contributed by atoms with Crippen LogP contribution in [0.25, 0.3) is 0 Å². The van der Waals surface area contributed by atoms with Crippen molar-refractivity contribution < 1.29 is 13.9 Å². The first-order valence-electron chi connectivity index (χ1n) is 8.42. The van der Waals surface area contributed by atoms with E-state index in [1.54, 1.807) is 24.4 Å². The van der Waals surface area contributed by atoms with Gasteiger partial charge in [0.1, 0.15) is 6.61 Å². The number of hydrogen-bond acceptors (Lipinski definition) is 6. The number of nitrogens with zero attached hydrogens (tertiary/aromatic N) is 4. The molecule has 0 unspecified atom stereocenters. The van der Waals surface area contributed by atoms with E-state index >= 15 is 0 Å². The molecule has 1 aliphatic heterocycles. The number of para-hydroxylation sites is 1. The van der Waals surface area contributed by atoms with Gasteiger partial charge < -0.3 is 14.4 Å². The number of anilines is 1. The Morgan fingerprint density at radius 3 is 3.00 bits per heavy atom. The minimum atomic E-state index is -0.326. The van der Waals surface area contributed by atoms with E-state index in [0.717, 1.165) is 32.0 Å². The van der Waals surface area contributed by atoms with E-state index in [1.165, 1.54) is 6.07 Å². The van der Waals surface area contributed by atoms with Gasteiger partial charge in [-0.05, 0) is 24.3 Å². The second kappa shape index (κ2) is 8.73. The predicted octanol–water partition coefficient (Wildman–Crippen LogP) is 1.83. The summed E-state index contributed by atoms with van der Waals surface area (Å²) in [5, 5.41) is 8.01. The Balaban J connectivity index is 1.44. The first-order chi connectivity index (χ1) is 12.2. The topological polar surface area (TPSA) is 50.7 Å². The Morgan fingerprint density at radius 1 is 1.32 bits per heavy atom. The van der Waals surface area contributed by atoms with Crippen molar-refractivity contribution >= 4 is 5.82 Å². The van der Waals surface area contributed by atoms with Crippen LogP contribution in [0.5, 0.6) is 5.75 Å². The monoisotopic (exact) mass is 346 g/mol. The molecule has 0 aliphatic carbocycles. The summed E-state index contributed by atoms with van der Waals surface area (Å²) < 4.78 is 24.9. The van der Waals surface area contributed by atoms with E-state index in [2.05, 4.69) is 15.1 Å². The maximum Gasteiger partial charge on any atom is 0.165 e. The first-order valence-corrected chi connectivity index (χ1v) is 8.42. The summed E-state index contributed by atoms with van der Waals surface area (Å²) in [6, 6.07) is 10.3. The van der Waals surface area contributed by atoms with Gasteiger partial charge in [-0.25, -0.2) is 4.39 Å². The second-order valence-corrected chi connectivity index (χ2v) is 6.03. The van der Waals surface area contributed by atoms with E-state index in [1.807, 2.05) is 24.1 Å². The molecule has 25 heavy (non-hydrogen) atoms. The lowest BCUT2D eigenvalue weighted by Gasteiger charge is -2.34. The number of ether oxygens (including phenoxy) is 2. The smallest absolute Gasteiger partial charge is 0.165 e. The summed E-state index contributed by atoms with van der Waals surface area (Å²) in [5.74, 6) is 0.800. The summed E-state index contributed by atoms with van der Waals surface area (Å²) in [6.07, 6.45) is 1.75. The summed E-state index contributed by atoms with van der Waals surface area (Å²) in [6.45, 7) is 4.27. The van der Waals surface area contributed by atoms with Crippen molar-refractivity contribution in [2.24, 2.45) is 0 Å². The molecule has 0 saturated carbocycles. The normalized spacial score (nSPS) is 18.1. The highest BCUT2D eigenvalue weighted by atomic mass is 19.1. The van der Waals surface area contributed by atoms with Gasteiger partial charge in [0.25, 0.3) is 0 Å². The van der Waals surface area contributed by atoms with Crippen LogP contribution in [0, 0.1) is 5.82 Å². The number of aromatic nitrogens is 2. The standard InChI is InChI=1S/C18H23FN4O2/c1-22(18-7-4-8-20-21-18)13-15-14-23(9-11-24-15)10-12-25-17-6-3-2-5-16(17)19/h2-8,15H,9-14H2,1H3/t15-/m1/s1. The molecule has 0 N–H and O–H groups in total. The van der Waals surface area contributed by atoms with Crippen LogP contribution in [0.2, 0.25) is 0 Å². The molecule has 0 spiro atoms. The summed E-state index contributed by atoms with van der Waals surface area (Å²) >= 11 is 0. The van der Waals surface area contributed by atoms with Crippen LogP contribution in [0.3, 0.4) is 0 Å².